The van der Waals surface area contributed by atoms with Crippen molar-refractivity contribution in [3.63, 3.8) is 0 Å². The minimum atomic E-state index is -0.161. The van der Waals surface area contributed by atoms with Gasteiger partial charge in [0, 0.05) is 12.7 Å². The van der Waals surface area contributed by atoms with E-state index in [-0.39, 0.29) is 5.91 Å². The molecule has 6 nitrogen and oxygen atoms in total. The molecule has 114 valence electrons. The van der Waals surface area contributed by atoms with Gasteiger partial charge in [0.15, 0.2) is 5.65 Å². The Morgan fingerprint density at radius 1 is 1.43 bits per heavy atom. The Hall–Kier alpha value is -2.11. The van der Waals surface area contributed by atoms with Crippen LogP contribution in [0.25, 0.3) is 11.0 Å². The lowest BCUT2D eigenvalue weighted by Crippen LogP contribution is -2.28. The van der Waals surface area contributed by atoms with Crippen molar-refractivity contribution in [2.45, 2.75) is 33.6 Å². The normalized spacial score (nSPS) is 11.0. The third kappa shape index (κ3) is 3.71. The number of unbranched alkanes of at least 4 members (excludes halogenated alkanes) is 1. The maximum absolute atomic E-state index is 12.3. The largest absolute Gasteiger partial charge is 0.492 e. The summed E-state index contributed by atoms with van der Waals surface area (Å²) in [4.78, 5) is 16.5. The Labute approximate surface area is 124 Å². The predicted molar refractivity (Wildman–Crippen MR) is 81.5 cm³/mol. The van der Waals surface area contributed by atoms with Crippen molar-refractivity contribution in [3.05, 3.63) is 18.0 Å². The zero-order valence-electron chi connectivity index (χ0n) is 12.8. The second-order valence-corrected chi connectivity index (χ2v) is 5.44. The molecule has 0 atom stereocenters. The summed E-state index contributed by atoms with van der Waals surface area (Å²) < 4.78 is 5.82. The smallest absolute Gasteiger partial charge is 0.256 e. The second-order valence-electron chi connectivity index (χ2n) is 5.44. The number of nitrogens with one attached hydrogen (secondary N) is 2. The van der Waals surface area contributed by atoms with Gasteiger partial charge in [0.05, 0.1) is 18.2 Å². The lowest BCUT2D eigenvalue weighted by atomic mass is 10.1. The van der Waals surface area contributed by atoms with Crippen molar-refractivity contribution < 1.29 is 9.53 Å². The molecule has 21 heavy (non-hydrogen) atoms. The number of carbonyl (C=O) groups excluding carboxylic acids is 1. The zero-order valence-corrected chi connectivity index (χ0v) is 12.8. The van der Waals surface area contributed by atoms with Crippen LogP contribution in [0, 0.1) is 5.92 Å². The minimum Gasteiger partial charge on any atom is -0.492 e. The third-order valence-electron chi connectivity index (χ3n) is 3.09. The van der Waals surface area contributed by atoms with E-state index in [1.165, 1.54) is 6.20 Å². The molecule has 2 rings (SSSR count). The SMILES string of the molecule is CCCCOc1c(C(=O)NCC(C)C)cnc2[nH]ncc12. The molecule has 1 amide bonds. The molecule has 0 unspecified atom stereocenters. The Morgan fingerprint density at radius 2 is 2.24 bits per heavy atom. The van der Waals surface area contributed by atoms with Gasteiger partial charge in [-0.05, 0) is 12.3 Å². The molecule has 6 heteroatoms. The average molecular weight is 290 g/mol. The highest BCUT2D eigenvalue weighted by atomic mass is 16.5. The van der Waals surface area contributed by atoms with E-state index in [1.807, 2.05) is 0 Å². The van der Waals surface area contributed by atoms with Crippen LogP contribution in [-0.2, 0) is 0 Å². The van der Waals surface area contributed by atoms with Crippen molar-refractivity contribution in [2.24, 2.45) is 5.92 Å². The summed E-state index contributed by atoms with van der Waals surface area (Å²) in [7, 11) is 0. The van der Waals surface area contributed by atoms with Crippen LogP contribution in [0.5, 0.6) is 5.75 Å². The Balaban J connectivity index is 2.27. The molecule has 2 aromatic heterocycles. The predicted octanol–water partition coefficient (Wildman–Crippen LogP) is 2.52. The summed E-state index contributed by atoms with van der Waals surface area (Å²) in [5.41, 5.74) is 1.09. The molecule has 0 saturated heterocycles. The van der Waals surface area contributed by atoms with Crippen molar-refractivity contribution >= 4 is 16.9 Å². The Morgan fingerprint density at radius 3 is 2.95 bits per heavy atom. The number of aromatic nitrogens is 3. The Kier molecular flexibility index (Phi) is 5.14. The standard InChI is InChI=1S/C15H22N4O2/c1-4-5-6-21-13-11-9-18-19-14(11)16-8-12(13)15(20)17-7-10(2)3/h8-10H,4-7H2,1-3H3,(H,17,20)(H,16,18,19). The first-order valence-corrected chi connectivity index (χ1v) is 7.36. The molecular formula is C15H22N4O2. The van der Waals surface area contributed by atoms with Gasteiger partial charge in [-0.2, -0.15) is 5.10 Å². The lowest BCUT2D eigenvalue weighted by molar-refractivity contribution is 0.0945. The maximum Gasteiger partial charge on any atom is 0.256 e. The fraction of sp³-hybridized carbons (Fsp3) is 0.533. The van der Waals surface area contributed by atoms with Gasteiger partial charge < -0.3 is 10.1 Å². The van der Waals surface area contributed by atoms with Crippen LogP contribution in [0.15, 0.2) is 12.4 Å². The molecule has 2 heterocycles. The van der Waals surface area contributed by atoms with E-state index < -0.39 is 0 Å². The number of amides is 1. The van der Waals surface area contributed by atoms with Crippen LogP contribution in [0.4, 0.5) is 0 Å². The zero-order chi connectivity index (χ0) is 15.2. The highest BCUT2D eigenvalue weighted by Crippen LogP contribution is 2.27. The van der Waals surface area contributed by atoms with Crippen LogP contribution in [0.2, 0.25) is 0 Å². The summed E-state index contributed by atoms with van der Waals surface area (Å²) in [6.07, 6.45) is 5.16. The van der Waals surface area contributed by atoms with Crippen LogP contribution >= 0.6 is 0 Å². The minimum absolute atomic E-state index is 0.161. The first-order valence-electron chi connectivity index (χ1n) is 7.36. The number of nitrogens with zero attached hydrogens (tertiary/aromatic N) is 2. The molecule has 0 aliphatic carbocycles. The van der Waals surface area contributed by atoms with Gasteiger partial charge in [0.2, 0.25) is 0 Å². The molecule has 0 aliphatic rings. The topological polar surface area (TPSA) is 79.9 Å². The van der Waals surface area contributed by atoms with Gasteiger partial charge in [-0.25, -0.2) is 4.98 Å². The van der Waals surface area contributed by atoms with Crippen molar-refractivity contribution in [2.75, 3.05) is 13.2 Å². The average Bonchev–Trinajstić information content (AvgIpc) is 2.93. The van der Waals surface area contributed by atoms with Crippen molar-refractivity contribution in [3.8, 4) is 5.75 Å². The molecular weight excluding hydrogens is 268 g/mol. The summed E-state index contributed by atoms with van der Waals surface area (Å²) in [6.45, 7) is 7.40. The summed E-state index contributed by atoms with van der Waals surface area (Å²) in [5.74, 6) is 0.790. The van der Waals surface area contributed by atoms with E-state index in [2.05, 4.69) is 41.3 Å². The van der Waals surface area contributed by atoms with E-state index in [1.54, 1.807) is 6.20 Å². The first kappa shape index (κ1) is 15.3. The number of ether oxygens (including phenoxy) is 1. The van der Waals surface area contributed by atoms with Gasteiger partial charge in [-0.15, -0.1) is 0 Å². The van der Waals surface area contributed by atoms with Crippen molar-refractivity contribution in [1.82, 2.24) is 20.5 Å². The van der Waals surface area contributed by atoms with Crippen LogP contribution in [-0.4, -0.2) is 34.2 Å². The van der Waals surface area contributed by atoms with E-state index in [0.29, 0.717) is 36.0 Å². The van der Waals surface area contributed by atoms with Gasteiger partial charge in [0.25, 0.3) is 5.91 Å². The van der Waals surface area contributed by atoms with E-state index >= 15 is 0 Å². The van der Waals surface area contributed by atoms with Gasteiger partial charge in [-0.3, -0.25) is 9.89 Å². The fourth-order valence-electron chi connectivity index (χ4n) is 1.90. The highest BCUT2D eigenvalue weighted by molar-refractivity contribution is 6.01. The summed E-state index contributed by atoms with van der Waals surface area (Å²) >= 11 is 0. The molecule has 0 spiro atoms. The molecule has 0 aliphatic heterocycles. The number of pyridine rings is 1. The van der Waals surface area contributed by atoms with Crippen LogP contribution in [0.3, 0.4) is 0 Å². The fourth-order valence-corrected chi connectivity index (χ4v) is 1.90. The Bertz CT molecular complexity index is 607. The van der Waals surface area contributed by atoms with E-state index in [9.17, 15) is 4.79 Å². The molecule has 0 radical (unpaired) electrons. The molecule has 0 saturated carbocycles. The van der Waals surface area contributed by atoms with E-state index in [4.69, 9.17) is 4.74 Å². The van der Waals surface area contributed by atoms with Crippen molar-refractivity contribution in [1.29, 1.82) is 0 Å². The molecule has 0 fully saturated rings. The molecule has 0 bridgehead atoms. The summed E-state index contributed by atoms with van der Waals surface area (Å²) in [6, 6.07) is 0. The summed E-state index contributed by atoms with van der Waals surface area (Å²) in [5, 5.41) is 10.4. The molecule has 0 aromatic carbocycles. The van der Waals surface area contributed by atoms with Gasteiger partial charge in [-0.1, -0.05) is 27.2 Å². The number of fused-ring (bicyclic) bond motifs is 1. The quantitative estimate of drug-likeness (QED) is 0.768. The lowest BCUT2D eigenvalue weighted by Gasteiger charge is -2.13. The van der Waals surface area contributed by atoms with E-state index in [0.717, 1.165) is 18.2 Å². The maximum atomic E-state index is 12.3. The second kappa shape index (κ2) is 7.06. The first-order chi connectivity index (χ1) is 10.1. The number of hydrogen-bond acceptors (Lipinski definition) is 4. The molecule has 2 N–H and O–H groups in total. The van der Waals surface area contributed by atoms with Gasteiger partial charge >= 0.3 is 0 Å². The monoisotopic (exact) mass is 290 g/mol. The van der Waals surface area contributed by atoms with Gasteiger partial charge in [0.1, 0.15) is 11.3 Å². The molecule has 2 aromatic rings. The number of aromatic amines is 1. The van der Waals surface area contributed by atoms with Crippen LogP contribution < -0.4 is 10.1 Å². The van der Waals surface area contributed by atoms with Crippen LogP contribution in [0.1, 0.15) is 44.0 Å². The third-order valence-corrected chi connectivity index (χ3v) is 3.09. The highest BCUT2D eigenvalue weighted by Gasteiger charge is 2.18. The number of carbonyl (C=O) groups is 1. The number of rotatable bonds is 7. The number of hydrogen-bond donors (Lipinski definition) is 2. The number of H-pyrrole nitrogens is 1.